The third-order valence-corrected chi connectivity index (χ3v) is 5.90. The highest BCUT2D eigenvalue weighted by atomic mass is 35.5. The van der Waals surface area contributed by atoms with E-state index in [0.717, 1.165) is 16.5 Å². The molecule has 0 radical (unpaired) electrons. The predicted octanol–water partition coefficient (Wildman–Crippen LogP) is 5.88. The molecule has 33 heavy (non-hydrogen) atoms. The Labute approximate surface area is 201 Å². The first-order chi connectivity index (χ1) is 15.9. The summed E-state index contributed by atoms with van der Waals surface area (Å²) in [4.78, 5) is 31.7. The molecule has 4 rings (SSSR count). The van der Waals surface area contributed by atoms with Gasteiger partial charge >= 0.3 is 5.97 Å². The van der Waals surface area contributed by atoms with Crippen LogP contribution >= 0.6 is 23.2 Å². The summed E-state index contributed by atoms with van der Waals surface area (Å²) in [7, 11) is 0. The average molecular weight is 479 g/mol. The Morgan fingerprint density at radius 2 is 1.64 bits per heavy atom. The number of halogens is 2. The van der Waals surface area contributed by atoms with Crippen LogP contribution in [0.15, 0.2) is 85.1 Å². The monoisotopic (exact) mass is 478 g/mol. The van der Waals surface area contributed by atoms with Gasteiger partial charge in [0.1, 0.15) is 6.04 Å². The van der Waals surface area contributed by atoms with Gasteiger partial charge in [0.25, 0.3) is 5.91 Å². The van der Waals surface area contributed by atoms with Crippen molar-refractivity contribution in [2.75, 3.05) is 0 Å². The summed E-state index contributed by atoms with van der Waals surface area (Å²) in [6, 6.07) is 22.2. The second-order valence-corrected chi connectivity index (χ2v) is 8.48. The first-order valence-electron chi connectivity index (χ1n) is 10.3. The van der Waals surface area contributed by atoms with Gasteiger partial charge in [-0.1, -0.05) is 71.7 Å². The molecule has 3 aromatic carbocycles. The van der Waals surface area contributed by atoms with Gasteiger partial charge in [0.15, 0.2) is 0 Å². The Kier molecular flexibility index (Phi) is 6.92. The van der Waals surface area contributed by atoms with Crippen molar-refractivity contribution >= 4 is 46.0 Å². The average Bonchev–Trinajstić information content (AvgIpc) is 2.81. The third-order valence-electron chi connectivity index (χ3n) is 5.36. The minimum Gasteiger partial charge on any atom is -0.480 e. The van der Waals surface area contributed by atoms with Gasteiger partial charge in [0, 0.05) is 29.6 Å². The van der Waals surface area contributed by atoms with Gasteiger partial charge in [-0.15, -0.1) is 0 Å². The van der Waals surface area contributed by atoms with Crippen molar-refractivity contribution in [1.29, 1.82) is 0 Å². The molecule has 1 atom stereocenters. The number of amides is 1. The third kappa shape index (κ3) is 5.33. The molecule has 0 spiro atoms. The molecular weight excluding hydrogens is 459 g/mol. The van der Waals surface area contributed by atoms with E-state index in [1.165, 1.54) is 17.0 Å². The Bertz CT molecular complexity index is 1310. The number of aliphatic carboxylic acids is 1. The van der Waals surface area contributed by atoms with Crippen LogP contribution in [0.5, 0.6) is 0 Å². The van der Waals surface area contributed by atoms with Crippen molar-refractivity contribution in [1.82, 2.24) is 9.88 Å². The molecule has 5 nitrogen and oxygen atoms in total. The molecule has 0 aliphatic rings. The summed E-state index contributed by atoms with van der Waals surface area (Å²) >= 11 is 12.3. The Balaban J connectivity index is 1.75. The molecule has 1 aromatic heterocycles. The van der Waals surface area contributed by atoms with Crippen molar-refractivity contribution in [2.45, 2.75) is 19.0 Å². The van der Waals surface area contributed by atoms with E-state index < -0.39 is 17.9 Å². The maximum absolute atomic E-state index is 13.6. The SMILES string of the molecule is O=C(O)C(Cc1ccccc1)N(Cc1cnc2ccccc2c1)C(=O)c1ccc(Cl)cc1Cl. The first-order valence-corrected chi connectivity index (χ1v) is 11.0. The van der Waals surface area contributed by atoms with Crippen LogP contribution < -0.4 is 0 Å². The van der Waals surface area contributed by atoms with E-state index in [-0.39, 0.29) is 23.6 Å². The van der Waals surface area contributed by atoms with E-state index in [1.807, 2.05) is 60.7 Å². The topological polar surface area (TPSA) is 70.5 Å². The number of carbonyl (C=O) groups excluding carboxylic acids is 1. The smallest absolute Gasteiger partial charge is 0.326 e. The lowest BCUT2D eigenvalue weighted by Crippen LogP contribution is -2.46. The fourth-order valence-corrected chi connectivity index (χ4v) is 4.20. The van der Waals surface area contributed by atoms with Gasteiger partial charge in [-0.3, -0.25) is 9.78 Å². The standard InChI is InChI=1S/C26H20Cl2N2O3/c27-20-10-11-21(22(28)14-20)25(31)30(24(26(32)33)13-17-6-2-1-3-7-17)16-18-12-19-8-4-5-9-23(19)29-15-18/h1-12,14-15,24H,13,16H2,(H,32,33). The summed E-state index contributed by atoms with van der Waals surface area (Å²) in [5, 5.41) is 11.6. The van der Waals surface area contributed by atoms with Gasteiger partial charge in [-0.05, 0) is 41.5 Å². The normalized spacial score (nSPS) is 11.8. The molecule has 4 aromatic rings. The zero-order valence-electron chi connectivity index (χ0n) is 17.5. The van der Waals surface area contributed by atoms with E-state index in [4.69, 9.17) is 23.2 Å². The lowest BCUT2D eigenvalue weighted by atomic mass is 10.0. The number of carbonyl (C=O) groups is 2. The summed E-state index contributed by atoms with van der Waals surface area (Å²) in [5.41, 5.74) is 2.53. The summed E-state index contributed by atoms with van der Waals surface area (Å²) in [6.07, 6.45) is 1.81. The van der Waals surface area contributed by atoms with Crippen LogP contribution in [0.4, 0.5) is 0 Å². The molecule has 0 aliphatic heterocycles. The highest BCUT2D eigenvalue weighted by Crippen LogP contribution is 2.25. The van der Waals surface area contributed by atoms with E-state index in [9.17, 15) is 14.7 Å². The Morgan fingerprint density at radius 1 is 0.909 bits per heavy atom. The van der Waals surface area contributed by atoms with Gasteiger partial charge in [-0.25, -0.2) is 4.79 Å². The van der Waals surface area contributed by atoms with Gasteiger partial charge < -0.3 is 10.0 Å². The molecule has 0 fully saturated rings. The zero-order valence-corrected chi connectivity index (χ0v) is 19.0. The second kappa shape index (κ2) is 10.0. The molecule has 1 N–H and O–H groups in total. The first kappa shape index (κ1) is 22.8. The number of benzene rings is 3. The Morgan fingerprint density at radius 3 is 2.36 bits per heavy atom. The quantitative estimate of drug-likeness (QED) is 0.360. The number of rotatable bonds is 7. The molecule has 1 amide bonds. The fourth-order valence-electron chi connectivity index (χ4n) is 3.71. The molecule has 0 saturated heterocycles. The number of carboxylic acid groups (broad SMARTS) is 1. The number of para-hydroxylation sites is 1. The van der Waals surface area contributed by atoms with Crippen LogP contribution in [0.3, 0.4) is 0 Å². The molecule has 1 heterocycles. The van der Waals surface area contributed by atoms with Crippen LogP contribution in [0.2, 0.25) is 10.0 Å². The summed E-state index contributed by atoms with van der Waals surface area (Å²) < 4.78 is 0. The van der Waals surface area contributed by atoms with Crippen molar-refractivity contribution in [3.63, 3.8) is 0 Å². The minimum absolute atomic E-state index is 0.0550. The predicted molar refractivity (Wildman–Crippen MR) is 130 cm³/mol. The fraction of sp³-hybridized carbons (Fsp3) is 0.115. The van der Waals surface area contributed by atoms with Gasteiger partial charge in [-0.2, -0.15) is 0 Å². The number of nitrogens with zero attached hydrogens (tertiary/aromatic N) is 2. The van der Waals surface area contributed by atoms with E-state index >= 15 is 0 Å². The molecule has 0 saturated carbocycles. The minimum atomic E-state index is -1.11. The van der Waals surface area contributed by atoms with Crippen molar-refractivity contribution in [3.05, 3.63) is 112 Å². The molecule has 7 heteroatoms. The van der Waals surface area contributed by atoms with E-state index in [0.29, 0.717) is 10.6 Å². The zero-order chi connectivity index (χ0) is 23.4. The largest absolute Gasteiger partial charge is 0.480 e. The molecule has 0 bridgehead atoms. The maximum Gasteiger partial charge on any atom is 0.326 e. The number of pyridine rings is 1. The molecular formula is C26H20Cl2N2O3. The van der Waals surface area contributed by atoms with Crippen molar-refractivity contribution in [2.24, 2.45) is 0 Å². The molecule has 166 valence electrons. The van der Waals surface area contributed by atoms with Crippen molar-refractivity contribution < 1.29 is 14.7 Å². The van der Waals surface area contributed by atoms with Crippen LogP contribution in [-0.4, -0.2) is 32.9 Å². The lowest BCUT2D eigenvalue weighted by Gasteiger charge is -2.30. The number of aromatic nitrogens is 1. The van der Waals surface area contributed by atoms with Crippen LogP contribution in [0, 0.1) is 0 Å². The van der Waals surface area contributed by atoms with Crippen LogP contribution in [0.25, 0.3) is 10.9 Å². The van der Waals surface area contributed by atoms with E-state index in [1.54, 1.807) is 12.3 Å². The van der Waals surface area contributed by atoms with Crippen LogP contribution in [-0.2, 0) is 17.8 Å². The Hall–Kier alpha value is -3.41. The van der Waals surface area contributed by atoms with E-state index in [2.05, 4.69) is 4.98 Å². The lowest BCUT2D eigenvalue weighted by molar-refractivity contribution is -0.142. The van der Waals surface area contributed by atoms with Gasteiger partial charge in [0.2, 0.25) is 0 Å². The van der Waals surface area contributed by atoms with Gasteiger partial charge in [0.05, 0.1) is 16.1 Å². The van der Waals surface area contributed by atoms with Crippen molar-refractivity contribution in [3.8, 4) is 0 Å². The second-order valence-electron chi connectivity index (χ2n) is 7.64. The highest BCUT2D eigenvalue weighted by Gasteiger charge is 2.32. The number of hydrogen-bond acceptors (Lipinski definition) is 3. The maximum atomic E-state index is 13.6. The summed E-state index contributed by atoms with van der Waals surface area (Å²) in [6.45, 7) is 0.0550. The highest BCUT2D eigenvalue weighted by molar-refractivity contribution is 6.36. The molecule has 0 aliphatic carbocycles. The molecule has 1 unspecified atom stereocenters. The number of hydrogen-bond donors (Lipinski definition) is 1. The number of carboxylic acids is 1. The number of fused-ring (bicyclic) bond motifs is 1. The summed E-state index contributed by atoms with van der Waals surface area (Å²) in [5.74, 6) is -1.60. The van der Waals surface area contributed by atoms with Crippen LogP contribution in [0.1, 0.15) is 21.5 Å².